The van der Waals surface area contributed by atoms with Gasteiger partial charge in [-0.25, -0.2) is 9.98 Å². The first kappa shape index (κ1) is 21.2. The van der Waals surface area contributed by atoms with Crippen molar-refractivity contribution >= 4 is 28.4 Å². The van der Waals surface area contributed by atoms with Crippen molar-refractivity contribution in [1.29, 1.82) is 0 Å². The average molecular weight is 446 g/mol. The first-order chi connectivity index (χ1) is 15.5. The van der Waals surface area contributed by atoms with Gasteiger partial charge < -0.3 is 9.84 Å². The van der Waals surface area contributed by atoms with E-state index in [0.717, 1.165) is 27.3 Å². The SMILES string of the molecule is COc1cccc(/C=N/c2nc(-c3ccc(C)cc3)c(-c3ccc([N+](=O)[O-])cc3)s2)c1O. The number of benzene rings is 3. The Kier molecular flexibility index (Phi) is 5.96. The Hall–Kier alpha value is -4.04. The number of aromatic nitrogens is 1. The van der Waals surface area contributed by atoms with Gasteiger partial charge in [0, 0.05) is 29.5 Å². The molecule has 4 aromatic rings. The molecule has 0 saturated carbocycles. The topological polar surface area (TPSA) is 97.9 Å². The maximum atomic E-state index is 11.0. The summed E-state index contributed by atoms with van der Waals surface area (Å²) in [6, 6.07) is 19.5. The monoisotopic (exact) mass is 445 g/mol. The molecular formula is C24H19N3O4S. The minimum Gasteiger partial charge on any atom is -0.504 e. The lowest BCUT2D eigenvalue weighted by Crippen LogP contribution is -1.88. The molecule has 1 aromatic heterocycles. The van der Waals surface area contributed by atoms with Crippen LogP contribution in [0.5, 0.6) is 11.5 Å². The van der Waals surface area contributed by atoms with E-state index in [4.69, 9.17) is 9.72 Å². The highest BCUT2D eigenvalue weighted by Crippen LogP contribution is 2.41. The number of phenolic OH excluding ortho intramolecular Hbond substituents is 1. The van der Waals surface area contributed by atoms with Crippen LogP contribution < -0.4 is 4.74 Å². The lowest BCUT2D eigenvalue weighted by molar-refractivity contribution is -0.384. The van der Waals surface area contributed by atoms with E-state index in [1.165, 1.54) is 36.8 Å². The van der Waals surface area contributed by atoms with E-state index < -0.39 is 4.92 Å². The van der Waals surface area contributed by atoms with Crippen molar-refractivity contribution in [2.45, 2.75) is 6.92 Å². The van der Waals surface area contributed by atoms with E-state index in [1.54, 1.807) is 30.3 Å². The Morgan fingerprint density at radius 2 is 1.75 bits per heavy atom. The second-order valence-electron chi connectivity index (χ2n) is 7.00. The molecule has 7 nitrogen and oxygen atoms in total. The van der Waals surface area contributed by atoms with Gasteiger partial charge in [-0.1, -0.05) is 47.2 Å². The largest absolute Gasteiger partial charge is 0.504 e. The zero-order valence-electron chi connectivity index (χ0n) is 17.4. The van der Waals surface area contributed by atoms with Gasteiger partial charge >= 0.3 is 0 Å². The minimum atomic E-state index is -0.423. The van der Waals surface area contributed by atoms with Gasteiger partial charge in [0.05, 0.1) is 22.6 Å². The molecule has 0 atom stereocenters. The molecule has 0 unspecified atom stereocenters. The van der Waals surface area contributed by atoms with Crippen LogP contribution in [0.2, 0.25) is 0 Å². The van der Waals surface area contributed by atoms with Crippen LogP contribution in [0.15, 0.2) is 71.7 Å². The number of para-hydroxylation sites is 1. The molecule has 1 N–H and O–H groups in total. The molecule has 0 aliphatic heterocycles. The molecule has 3 aromatic carbocycles. The third kappa shape index (κ3) is 4.35. The Bertz CT molecular complexity index is 1300. The Morgan fingerprint density at radius 1 is 1.06 bits per heavy atom. The van der Waals surface area contributed by atoms with E-state index in [-0.39, 0.29) is 11.4 Å². The van der Waals surface area contributed by atoms with Crippen LogP contribution in [0.4, 0.5) is 10.8 Å². The molecular weight excluding hydrogens is 426 g/mol. The molecule has 0 bridgehead atoms. The summed E-state index contributed by atoms with van der Waals surface area (Å²) in [5.41, 5.74) is 4.15. The highest BCUT2D eigenvalue weighted by Gasteiger charge is 2.16. The first-order valence-corrected chi connectivity index (χ1v) is 10.5. The molecule has 0 spiro atoms. The van der Waals surface area contributed by atoms with Crippen LogP contribution in [0.25, 0.3) is 21.7 Å². The van der Waals surface area contributed by atoms with Crippen molar-refractivity contribution in [2.24, 2.45) is 4.99 Å². The zero-order valence-corrected chi connectivity index (χ0v) is 18.2. The summed E-state index contributed by atoms with van der Waals surface area (Å²) >= 11 is 1.37. The number of nitro benzene ring substituents is 1. The average Bonchev–Trinajstić information content (AvgIpc) is 3.23. The second-order valence-corrected chi connectivity index (χ2v) is 7.98. The highest BCUT2D eigenvalue weighted by atomic mass is 32.1. The fraction of sp³-hybridized carbons (Fsp3) is 0.0833. The van der Waals surface area contributed by atoms with Gasteiger partial charge in [0.1, 0.15) is 0 Å². The maximum Gasteiger partial charge on any atom is 0.269 e. The number of ether oxygens (including phenoxy) is 1. The van der Waals surface area contributed by atoms with Crippen LogP contribution in [-0.4, -0.2) is 28.3 Å². The van der Waals surface area contributed by atoms with Gasteiger partial charge in [-0.05, 0) is 36.8 Å². The van der Waals surface area contributed by atoms with E-state index in [0.29, 0.717) is 16.4 Å². The number of hydrogen-bond acceptors (Lipinski definition) is 7. The summed E-state index contributed by atoms with van der Waals surface area (Å²) in [5, 5.41) is 21.8. The molecule has 8 heteroatoms. The maximum absolute atomic E-state index is 11.0. The lowest BCUT2D eigenvalue weighted by atomic mass is 10.1. The molecule has 0 amide bonds. The summed E-state index contributed by atoms with van der Waals surface area (Å²) in [6.07, 6.45) is 1.54. The predicted octanol–water partition coefficient (Wildman–Crippen LogP) is 6.16. The number of aliphatic imine (C=N–C) groups is 1. The number of non-ortho nitro benzene ring substituents is 1. The van der Waals surface area contributed by atoms with E-state index >= 15 is 0 Å². The standard InChI is InChI=1S/C24H19N3O4S/c1-15-6-8-16(9-7-15)21-23(17-10-12-19(13-11-17)27(29)30)32-24(26-21)25-14-18-4-3-5-20(31-2)22(18)28/h3-14,28H,1-2H3/b25-14+. The van der Waals surface area contributed by atoms with Crippen molar-refractivity contribution in [1.82, 2.24) is 4.98 Å². The summed E-state index contributed by atoms with van der Waals surface area (Å²) in [5.74, 6) is 0.365. The smallest absolute Gasteiger partial charge is 0.269 e. The third-order valence-corrected chi connectivity index (χ3v) is 5.86. The molecule has 0 aliphatic carbocycles. The number of methoxy groups -OCH3 is 1. The molecule has 0 radical (unpaired) electrons. The number of phenols is 1. The van der Waals surface area contributed by atoms with E-state index in [9.17, 15) is 15.2 Å². The fourth-order valence-corrected chi connectivity index (χ4v) is 4.07. The molecule has 0 fully saturated rings. The molecule has 0 aliphatic rings. The number of rotatable bonds is 6. The van der Waals surface area contributed by atoms with Gasteiger partial charge in [-0.15, -0.1) is 0 Å². The molecule has 32 heavy (non-hydrogen) atoms. The molecule has 1 heterocycles. The van der Waals surface area contributed by atoms with Crippen LogP contribution in [-0.2, 0) is 0 Å². The lowest BCUT2D eigenvalue weighted by Gasteiger charge is -2.04. The summed E-state index contributed by atoms with van der Waals surface area (Å²) in [4.78, 5) is 20.6. The van der Waals surface area contributed by atoms with Crippen molar-refractivity contribution in [3.05, 3.63) is 88.0 Å². The number of nitro groups is 1. The van der Waals surface area contributed by atoms with Crippen molar-refractivity contribution < 1.29 is 14.8 Å². The fourth-order valence-electron chi connectivity index (χ4n) is 3.13. The predicted molar refractivity (Wildman–Crippen MR) is 126 cm³/mol. The van der Waals surface area contributed by atoms with Gasteiger partial charge in [-0.2, -0.15) is 0 Å². The quantitative estimate of drug-likeness (QED) is 0.218. The Labute approximate surface area is 188 Å². The van der Waals surface area contributed by atoms with Gasteiger partial charge in [0.15, 0.2) is 11.5 Å². The van der Waals surface area contributed by atoms with Gasteiger partial charge in [0.2, 0.25) is 5.13 Å². The molecule has 0 saturated heterocycles. The zero-order chi connectivity index (χ0) is 22.7. The van der Waals surface area contributed by atoms with E-state index in [2.05, 4.69) is 4.99 Å². The van der Waals surface area contributed by atoms with Crippen LogP contribution in [0, 0.1) is 17.0 Å². The third-order valence-electron chi connectivity index (χ3n) is 4.85. The van der Waals surface area contributed by atoms with Crippen LogP contribution >= 0.6 is 11.3 Å². The number of aromatic hydroxyl groups is 1. The summed E-state index contributed by atoms with van der Waals surface area (Å²) < 4.78 is 5.14. The Morgan fingerprint density at radius 3 is 2.41 bits per heavy atom. The number of thiazole rings is 1. The van der Waals surface area contributed by atoms with Crippen molar-refractivity contribution in [3.63, 3.8) is 0 Å². The van der Waals surface area contributed by atoms with Crippen molar-refractivity contribution in [2.75, 3.05) is 7.11 Å². The van der Waals surface area contributed by atoms with Crippen LogP contribution in [0.1, 0.15) is 11.1 Å². The number of nitrogens with zero attached hydrogens (tertiary/aromatic N) is 3. The first-order valence-electron chi connectivity index (χ1n) is 9.69. The summed E-state index contributed by atoms with van der Waals surface area (Å²) in [7, 11) is 1.49. The number of hydrogen-bond donors (Lipinski definition) is 1. The second kappa shape index (κ2) is 8.99. The van der Waals surface area contributed by atoms with Gasteiger partial charge in [0.25, 0.3) is 5.69 Å². The van der Waals surface area contributed by atoms with Crippen molar-refractivity contribution in [3.8, 4) is 33.2 Å². The minimum absolute atomic E-state index is 0.00431. The molecule has 160 valence electrons. The highest BCUT2D eigenvalue weighted by molar-refractivity contribution is 7.19. The molecule has 4 rings (SSSR count). The normalized spacial score (nSPS) is 11.1. The summed E-state index contributed by atoms with van der Waals surface area (Å²) in [6.45, 7) is 2.01. The Balaban J connectivity index is 1.77. The van der Waals surface area contributed by atoms with E-state index in [1.807, 2.05) is 31.2 Å². The van der Waals surface area contributed by atoms with Gasteiger partial charge in [-0.3, -0.25) is 10.1 Å². The number of aryl methyl sites for hydroxylation is 1. The van der Waals surface area contributed by atoms with Crippen LogP contribution in [0.3, 0.4) is 0 Å².